The lowest BCUT2D eigenvalue weighted by atomic mass is 10.1. The van der Waals surface area contributed by atoms with Gasteiger partial charge in [0.1, 0.15) is 11.6 Å². The molecule has 0 aromatic carbocycles. The van der Waals surface area contributed by atoms with Crippen molar-refractivity contribution in [3.8, 4) is 0 Å². The molecule has 1 aromatic rings. The number of anilines is 2. The molecular weight excluding hydrogens is 248 g/mol. The Balaban J connectivity index is 3.02. The van der Waals surface area contributed by atoms with Crippen LogP contribution in [0.3, 0.4) is 0 Å². The van der Waals surface area contributed by atoms with Gasteiger partial charge in [0.2, 0.25) is 0 Å². The van der Waals surface area contributed by atoms with E-state index in [-0.39, 0.29) is 12.3 Å². The first kappa shape index (κ1) is 15.2. The lowest BCUT2D eigenvalue weighted by molar-refractivity contribution is -0.384. The highest BCUT2D eigenvalue weighted by Crippen LogP contribution is 2.22. The van der Waals surface area contributed by atoms with Crippen LogP contribution in [0, 0.1) is 10.1 Å². The van der Waals surface area contributed by atoms with Gasteiger partial charge < -0.3 is 15.7 Å². The second kappa shape index (κ2) is 6.33. The molecule has 0 aliphatic rings. The Bertz CT molecular complexity index is 449. The van der Waals surface area contributed by atoms with Crippen LogP contribution in [0.5, 0.6) is 0 Å². The maximum atomic E-state index is 10.9. The van der Waals surface area contributed by atoms with Gasteiger partial charge in [-0.25, -0.2) is 4.98 Å². The highest BCUT2D eigenvalue weighted by Gasteiger charge is 2.19. The van der Waals surface area contributed by atoms with Gasteiger partial charge in [0.25, 0.3) is 5.69 Å². The molecule has 0 atom stereocenters. The fraction of sp³-hybridized carbons (Fsp3) is 0.583. The first-order valence-electron chi connectivity index (χ1n) is 6.17. The minimum Gasteiger partial charge on any atom is -0.394 e. The number of aliphatic hydroxyl groups is 1. The molecule has 0 aliphatic carbocycles. The van der Waals surface area contributed by atoms with Gasteiger partial charge in [0.05, 0.1) is 29.2 Å². The molecule has 0 unspecified atom stereocenters. The molecule has 0 amide bonds. The SMILES string of the molecule is CCCNc1cc([N+](=O)[O-])cc(NC(C)(C)CO)n1. The number of pyridine rings is 1. The molecule has 0 radical (unpaired) electrons. The zero-order chi connectivity index (χ0) is 14.5. The Morgan fingerprint density at radius 1 is 1.42 bits per heavy atom. The van der Waals surface area contributed by atoms with Gasteiger partial charge in [0, 0.05) is 6.54 Å². The van der Waals surface area contributed by atoms with Crippen molar-refractivity contribution in [1.29, 1.82) is 0 Å². The monoisotopic (exact) mass is 268 g/mol. The Labute approximate surface area is 112 Å². The summed E-state index contributed by atoms with van der Waals surface area (Å²) in [6, 6.07) is 2.75. The van der Waals surface area contributed by atoms with Crippen LogP contribution in [0.4, 0.5) is 17.3 Å². The number of hydrogen-bond acceptors (Lipinski definition) is 6. The summed E-state index contributed by atoms with van der Waals surface area (Å²) in [5.74, 6) is 0.819. The molecule has 0 saturated heterocycles. The van der Waals surface area contributed by atoms with Crippen LogP contribution >= 0.6 is 0 Å². The number of hydrogen-bond donors (Lipinski definition) is 3. The third-order valence-electron chi connectivity index (χ3n) is 2.44. The van der Waals surface area contributed by atoms with Crippen molar-refractivity contribution in [2.45, 2.75) is 32.7 Å². The minimum absolute atomic E-state index is 0.0372. The fourth-order valence-electron chi connectivity index (χ4n) is 1.42. The normalized spacial score (nSPS) is 11.2. The maximum absolute atomic E-state index is 10.9. The van der Waals surface area contributed by atoms with Gasteiger partial charge >= 0.3 is 0 Å². The van der Waals surface area contributed by atoms with E-state index < -0.39 is 10.5 Å². The number of nitrogens with one attached hydrogen (secondary N) is 2. The molecule has 106 valence electrons. The van der Waals surface area contributed by atoms with Gasteiger partial charge in [-0.3, -0.25) is 10.1 Å². The first-order valence-corrected chi connectivity index (χ1v) is 6.17. The van der Waals surface area contributed by atoms with Crippen LogP contribution in [0.2, 0.25) is 0 Å². The quantitative estimate of drug-likeness (QED) is 0.516. The van der Waals surface area contributed by atoms with Crippen molar-refractivity contribution in [3.63, 3.8) is 0 Å². The topological polar surface area (TPSA) is 100 Å². The van der Waals surface area contributed by atoms with E-state index in [1.807, 2.05) is 6.92 Å². The number of aromatic nitrogens is 1. The molecule has 7 nitrogen and oxygen atoms in total. The van der Waals surface area contributed by atoms with Crippen LogP contribution in [0.25, 0.3) is 0 Å². The molecule has 19 heavy (non-hydrogen) atoms. The summed E-state index contributed by atoms with van der Waals surface area (Å²) in [6.45, 7) is 6.16. The van der Waals surface area contributed by atoms with Crippen molar-refractivity contribution in [2.24, 2.45) is 0 Å². The van der Waals surface area contributed by atoms with Crippen molar-refractivity contribution >= 4 is 17.3 Å². The van der Waals surface area contributed by atoms with E-state index in [0.717, 1.165) is 6.42 Å². The summed E-state index contributed by atoms with van der Waals surface area (Å²) in [6.07, 6.45) is 0.898. The van der Waals surface area contributed by atoms with Gasteiger partial charge in [-0.05, 0) is 20.3 Å². The van der Waals surface area contributed by atoms with Crippen LogP contribution in [-0.4, -0.2) is 33.7 Å². The van der Waals surface area contributed by atoms with E-state index in [4.69, 9.17) is 0 Å². The van der Waals surface area contributed by atoms with Gasteiger partial charge in [-0.1, -0.05) is 6.92 Å². The van der Waals surface area contributed by atoms with Crippen molar-refractivity contribution < 1.29 is 10.0 Å². The predicted molar refractivity (Wildman–Crippen MR) is 74.5 cm³/mol. The van der Waals surface area contributed by atoms with E-state index in [0.29, 0.717) is 18.2 Å². The fourth-order valence-corrected chi connectivity index (χ4v) is 1.42. The third-order valence-corrected chi connectivity index (χ3v) is 2.44. The third kappa shape index (κ3) is 4.70. The second-order valence-corrected chi connectivity index (χ2v) is 4.95. The van der Waals surface area contributed by atoms with Crippen molar-refractivity contribution in [2.75, 3.05) is 23.8 Å². The van der Waals surface area contributed by atoms with E-state index in [9.17, 15) is 15.2 Å². The zero-order valence-electron chi connectivity index (χ0n) is 11.4. The predicted octanol–water partition coefficient (Wildman–Crippen LogP) is 1.99. The average Bonchev–Trinajstić information content (AvgIpc) is 2.35. The molecule has 7 heteroatoms. The second-order valence-electron chi connectivity index (χ2n) is 4.95. The molecule has 0 spiro atoms. The van der Waals surface area contributed by atoms with Crippen molar-refractivity contribution in [1.82, 2.24) is 4.98 Å². The molecule has 1 aromatic heterocycles. The van der Waals surface area contributed by atoms with E-state index in [1.165, 1.54) is 12.1 Å². The minimum atomic E-state index is -0.593. The van der Waals surface area contributed by atoms with Gasteiger partial charge in [-0.15, -0.1) is 0 Å². The van der Waals surface area contributed by atoms with E-state index >= 15 is 0 Å². The molecular formula is C12H20N4O3. The Morgan fingerprint density at radius 2 is 2.05 bits per heavy atom. The average molecular weight is 268 g/mol. The highest BCUT2D eigenvalue weighted by molar-refractivity contribution is 5.55. The number of aliphatic hydroxyl groups excluding tert-OH is 1. The zero-order valence-corrected chi connectivity index (χ0v) is 11.4. The van der Waals surface area contributed by atoms with Crippen LogP contribution in [0.15, 0.2) is 12.1 Å². The maximum Gasteiger partial charge on any atom is 0.276 e. The van der Waals surface area contributed by atoms with Crippen LogP contribution in [-0.2, 0) is 0 Å². The van der Waals surface area contributed by atoms with Crippen LogP contribution in [0.1, 0.15) is 27.2 Å². The summed E-state index contributed by atoms with van der Waals surface area (Å²) < 4.78 is 0. The molecule has 0 aliphatic heterocycles. The Hall–Kier alpha value is -1.89. The lowest BCUT2D eigenvalue weighted by Crippen LogP contribution is -2.35. The largest absolute Gasteiger partial charge is 0.394 e. The van der Waals surface area contributed by atoms with Gasteiger partial charge in [0.15, 0.2) is 0 Å². The molecule has 1 heterocycles. The number of nitrogens with zero attached hydrogens (tertiary/aromatic N) is 2. The summed E-state index contributed by atoms with van der Waals surface area (Å²) in [7, 11) is 0. The summed E-state index contributed by atoms with van der Waals surface area (Å²) >= 11 is 0. The molecule has 1 rings (SSSR count). The Morgan fingerprint density at radius 3 is 2.58 bits per heavy atom. The number of rotatable bonds is 7. The van der Waals surface area contributed by atoms with Crippen molar-refractivity contribution in [3.05, 3.63) is 22.2 Å². The molecule has 0 saturated carbocycles. The number of nitro groups is 1. The smallest absolute Gasteiger partial charge is 0.276 e. The van der Waals surface area contributed by atoms with E-state index in [2.05, 4.69) is 15.6 Å². The Kier molecular flexibility index (Phi) is 5.05. The summed E-state index contributed by atoms with van der Waals surface area (Å²) in [4.78, 5) is 14.7. The molecule has 0 fully saturated rings. The first-order chi connectivity index (χ1) is 8.88. The van der Waals surface area contributed by atoms with Crippen LogP contribution < -0.4 is 10.6 Å². The summed E-state index contributed by atoms with van der Waals surface area (Å²) in [5.41, 5.74) is -0.630. The molecule has 0 bridgehead atoms. The summed E-state index contributed by atoms with van der Waals surface area (Å²) in [5, 5.41) is 26.1. The van der Waals surface area contributed by atoms with Gasteiger partial charge in [-0.2, -0.15) is 0 Å². The lowest BCUT2D eigenvalue weighted by Gasteiger charge is -2.24. The van der Waals surface area contributed by atoms with E-state index in [1.54, 1.807) is 13.8 Å². The standard InChI is InChI=1S/C12H20N4O3/c1-4-5-13-10-6-9(16(18)19)7-11(14-10)15-12(2,3)8-17/h6-7,17H,4-5,8H2,1-3H3,(H2,13,14,15). The highest BCUT2D eigenvalue weighted by atomic mass is 16.6. The molecule has 3 N–H and O–H groups in total.